The first-order valence-electron chi connectivity index (χ1n) is 8.66. The summed E-state index contributed by atoms with van der Waals surface area (Å²) in [5, 5.41) is 19.5. The van der Waals surface area contributed by atoms with E-state index in [0.29, 0.717) is 5.75 Å². The molecule has 0 radical (unpaired) electrons. The second kappa shape index (κ2) is 10.5. The van der Waals surface area contributed by atoms with E-state index in [1.54, 1.807) is 19.1 Å². The summed E-state index contributed by atoms with van der Waals surface area (Å²) < 4.78 is 0. The van der Waals surface area contributed by atoms with Crippen molar-refractivity contribution in [1.82, 2.24) is 0 Å². The van der Waals surface area contributed by atoms with Gasteiger partial charge in [0.1, 0.15) is 11.5 Å². The van der Waals surface area contributed by atoms with Gasteiger partial charge in [0.25, 0.3) is 0 Å². The van der Waals surface area contributed by atoms with Crippen LogP contribution in [0.4, 0.5) is 0 Å². The molecule has 0 fully saturated rings. The van der Waals surface area contributed by atoms with Gasteiger partial charge in [0, 0.05) is 0 Å². The first kappa shape index (κ1) is 17.9. The molecule has 1 rings (SSSR count). The predicted octanol–water partition coefficient (Wildman–Crippen LogP) is 5.87. The van der Waals surface area contributed by atoms with Gasteiger partial charge in [-0.05, 0) is 43.0 Å². The van der Waals surface area contributed by atoms with Crippen molar-refractivity contribution in [2.45, 2.75) is 84.5 Å². The number of hydrogen-bond donors (Lipinski definition) is 2. The number of benzene rings is 1. The Morgan fingerprint density at radius 1 is 0.714 bits per heavy atom. The molecule has 2 N–H and O–H groups in total. The normalized spacial score (nSPS) is 11.0. The van der Waals surface area contributed by atoms with Crippen molar-refractivity contribution in [1.29, 1.82) is 0 Å². The number of phenols is 2. The van der Waals surface area contributed by atoms with Crippen molar-refractivity contribution >= 4 is 0 Å². The lowest BCUT2D eigenvalue weighted by atomic mass is 10.0. The first-order valence-corrected chi connectivity index (χ1v) is 8.66. The topological polar surface area (TPSA) is 40.5 Å². The van der Waals surface area contributed by atoms with Crippen LogP contribution in [0.3, 0.4) is 0 Å². The SMILES string of the molecule is CCCCCCCCCCCCc1cc(O)c(C)cc1O. The van der Waals surface area contributed by atoms with Crippen molar-refractivity contribution in [3.63, 3.8) is 0 Å². The quantitative estimate of drug-likeness (QED) is 0.395. The average molecular weight is 292 g/mol. The Balaban J connectivity index is 2.05. The fourth-order valence-electron chi connectivity index (χ4n) is 2.73. The summed E-state index contributed by atoms with van der Waals surface area (Å²) in [6, 6.07) is 3.36. The van der Waals surface area contributed by atoms with Crippen LogP contribution in [-0.2, 0) is 6.42 Å². The van der Waals surface area contributed by atoms with Crippen molar-refractivity contribution in [3.05, 3.63) is 23.3 Å². The maximum Gasteiger partial charge on any atom is 0.119 e. The van der Waals surface area contributed by atoms with E-state index < -0.39 is 0 Å². The predicted molar refractivity (Wildman–Crippen MR) is 90.1 cm³/mol. The molecule has 1 aromatic carbocycles. The van der Waals surface area contributed by atoms with Crippen LogP contribution in [0.2, 0.25) is 0 Å². The van der Waals surface area contributed by atoms with Gasteiger partial charge in [-0.25, -0.2) is 0 Å². The van der Waals surface area contributed by atoms with Gasteiger partial charge in [0.15, 0.2) is 0 Å². The van der Waals surface area contributed by atoms with Gasteiger partial charge in [-0.15, -0.1) is 0 Å². The summed E-state index contributed by atoms with van der Waals surface area (Å²) in [7, 11) is 0. The van der Waals surface area contributed by atoms with Crippen LogP contribution in [0.15, 0.2) is 12.1 Å². The van der Waals surface area contributed by atoms with Crippen LogP contribution in [-0.4, -0.2) is 10.2 Å². The number of unbranched alkanes of at least 4 members (excludes halogenated alkanes) is 9. The Bertz CT molecular complexity index is 399. The zero-order valence-corrected chi connectivity index (χ0v) is 13.8. The number of aromatic hydroxyl groups is 2. The third-order valence-electron chi connectivity index (χ3n) is 4.20. The van der Waals surface area contributed by atoms with Gasteiger partial charge >= 0.3 is 0 Å². The van der Waals surface area contributed by atoms with Crippen LogP contribution in [0.25, 0.3) is 0 Å². The molecule has 0 aliphatic heterocycles. The van der Waals surface area contributed by atoms with Crippen LogP contribution < -0.4 is 0 Å². The molecule has 2 nitrogen and oxygen atoms in total. The molecule has 0 amide bonds. The summed E-state index contributed by atoms with van der Waals surface area (Å²) in [5.41, 5.74) is 1.61. The van der Waals surface area contributed by atoms with E-state index in [2.05, 4.69) is 6.92 Å². The van der Waals surface area contributed by atoms with Crippen LogP contribution in [0, 0.1) is 6.92 Å². The number of phenolic OH excluding ortho intramolecular Hbond substituents is 2. The van der Waals surface area contributed by atoms with Gasteiger partial charge in [0.05, 0.1) is 0 Å². The zero-order chi connectivity index (χ0) is 15.5. The molecule has 0 saturated carbocycles. The maximum absolute atomic E-state index is 9.85. The lowest BCUT2D eigenvalue weighted by Crippen LogP contribution is -1.89. The van der Waals surface area contributed by atoms with Gasteiger partial charge in [0.2, 0.25) is 0 Å². The Hall–Kier alpha value is -1.18. The monoisotopic (exact) mass is 292 g/mol. The minimum Gasteiger partial charge on any atom is -0.508 e. The molecule has 0 unspecified atom stereocenters. The average Bonchev–Trinajstić information content (AvgIpc) is 2.46. The summed E-state index contributed by atoms with van der Waals surface area (Å²) in [4.78, 5) is 0. The fourth-order valence-corrected chi connectivity index (χ4v) is 2.73. The Labute approximate surface area is 130 Å². The number of hydrogen-bond acceptors (Lipinski definition) is 2. The van der Waals surface area contributed by atoms with E-state index >= 15 is 0 Å². The lowest BCUT2D eigenvalue weighted by molar-refractivity contribution is 0.449. The molecule has 0 heterocycles. The summed E-state index contributed by atoms with van der Waals surface area (Å²) in [6.45, 7) is 4.06. The number of aryl methyl sites for hydroxylation is 2. The molecule has 0 atom stereocenters. The highest BCUT2D eigenvalue weighted by atomic mass is 16.3. The van der Waals surface area contributed by atoms with E-state index in [9.17, 15) is 10.2 Å². The standard InChI is InChI=1S/C19H32O2/c1-3-4-5-6-7-8-9-10-11-12-13-17-15-18(20)16(2)14-19(17)21/h14-15,20-21H,3-13H2,1-2H3. The van der Waals surface area contributed by atoms with Crippen LogP contribution in [0.1, 0.15) is 82.3 Å². The zero-order valence-electron chi connectivity index (χ0n) is 13.8. The second-order valence-corrected chi connectivity index (χ2v) is 6.20. The van der Waals surface area contributed by atoms with E-state index in [0.717, 1.165) is 24.0 Å². The Morgan fingerprint density at radius 3 is 1.81 bits per heavy atom. The second-order valence-electron chi connectivity index (χ2n) is 6.20. The maximum atomic E-state index is 9.85. The third-order valence-corrected chi connectivity index (χ3v) is 4.20. The largest absolute Gasteiger partial charge is 0.508 e. The molecule has 1 aromatic rings. The molecule has 120 valence electrons. The molecular weight excluding hydrogens is 260 g/mol. The highest BCUT2D eigenvalue weighted by Gasteiger charge is 2.05. The Kier molecular flexibility index (Phi) is 8.96. The molecule has 0 saturated heterocycles. The van der Waals surface area contributed by atoms with Crippen molar-refractivity contribution in [3.8, 4) is 11.5 Å². The molecule has 0 bridgehead atoms. The van der Waals surface area contributed by atoms with Crippen molar-refractivity contribution in [2.75, 3.05) is 0 Å². The highest BCUT2D eigenvalue weighted by Crippen LogP contribution is 2.27. The van der Waals surface area contributed by atoms with Gasteiger partial charge in [-0.3, -0.25) is 0 Å². The molecule has 0 aromatic heterocycles. The van der Waals surface area contributed by atoms with Crippen LogP contribution in [0.5, 0.6) is 11.5 Å². The van der Waals surface area contributed by atoms with E-state index in [1.807, 2.05) is 0 Å². The van der Waals surface area contributed by atoms with E-state index in [4.69, 9.17) is 0 Å². The first-order chi connectivity index (χ1) is 10.1. The lowest BCUT2D eigenvalue weighted by Gasteiger charge is -2.07. The van der Waals surface area contributed by atoms with Gasteiger partial charge in [-0.1, -0.05) is 64.7 Å². The number of rotatable bonds is 11. The minimum atomic E-state index is 0.287. The fraction of sp³-hybridized carbons (Fsp3) is 0.684. The van der Waals surface area contributed by atoms with Crippen molar-refractivity contribution < 1.29 is 10.2 Å². The van der Waals surface area contributed by atoms with Gasteiger partial charge in [-0.2, -0.15) is 0 Å². The van der Waals surface area contributed by atoms with Crippen molar-refractivity contribution in [2.24, 2.45) is 0 Å². The molecule has 21 heavy (non-hydrogen) atoms. The third kappa shape index (κ3) is 7.40. The Morgan fingerprint density at radius 2 is 1.24 bits per heavy atom. The van der Waals surface area contributed by atoms with E-state index in [1.165, 1.54) is 57.8 Å². The molecular formula is C19H32O2. The summed E-state index contributed by atoms with van der Waals surface area (Å²) >= 11 is 0. The van der Waals surface area contributed by atoms with E-state index in [-0.39, 0.29) is 5.75 Å². The minimum absolute atomic E-state index is 0.287. The smallest absolute Gasteiger partial charge is 0.119 e. The molecule has 0 aliphatic rings. The molecule has 0 aliphatic carbocycles. The highest BCUT2D eigenvalue weighted by molar-refractivity contribution is 5.44. The van der Waals surface area contributed by atoms with Crippen LogP contribution >= 0.6 is 0 Å². The molecule has 0 spiro atoms. The summed E-state index contributed by atoms with van der Waals surface area (Å²) in [6.07, 6.45) is 14.0. The van der Waals surface area contributed by atoms with Gasteiger partial charge < -0.3 is 10.2 Å². The molecule has 2 heteroatoms. The summed E-state index contributed by atoms with van der Waals surface area (Å²) in [5.74, 6) is 0.608.